The van der Waals surface area contributed by atoms with Gasteiger partial charge >= 0.3 is 5.97 Å². The summed E-state index contributed by atoms with van der Waals surface area (Å²) in [4.78, 5) is 24.4. The topological polar surface area (TPSA) is 58.6 Å². The van der Waals surface area contributed by atoms with Gasteiger partial charge in [0.1, 0.15) is 0 Å². The van der Waals surface area contributed by atoms with Crippen molar-refractivity contribution in [3.63, 3.8) is 0 Å². The molecule has 0 aliphatic carbocycles. The first-order valence-electron chi connectivity index (χ1n) is 5.63. The molecule has 5 nitrogen and oxygen atoms in total. The predicted molar refractivity (Wildman–Crippen MR) is 62.0 cm³/mol. The molecule has 0 aromatic rings. The van der Waals surface area contributed by atoms with Gasteiger partial charge in [-0.1, -0.05) is 6.92 Å². The van der Waals surface area contributed by atoms with Gasteiger partial charge in [-0.05, 0) is 20.9 Å². The lowest BCUT2D eigenvalue weighted by atomic mass is 10.2. The minimum atomic E-state index is -0.217. The molecular weight excluding hydrogens is 208 g/mol. The highest BCUT2D eigenvalue weighted by Gasteiger charge is 2.17. The maximum absolute atomic E-state index is 11.3. The molecule has 1 atom stereocenters. The number of nitrogens with one attached hydrogen (secondary N) is 1. The summed E-state index contributed by atoms with van der Waals surface area (Å²) < 4.78 is 4.89. The second-order valence-electron chi connectivity index (χ2n) is 3.80. The quantitative estimate of drug-likeness (QED) is 0.637. The van der Waals surface area contributed by atoms with Gasteiger partial charge in [-0.2, -0.15) is 0 Å². The molecule has 1 amide bonds. The number of hydrogen-bond donors (Lipinski definition) is 1. The maximum Gasteiger partial charge on any atom is 0.309 e. The summed E-state index contributed by atoms with van der Waals surface area (Å²) in [7, 11) is 1.81. The van der Waals surface area contributed by atoms with E-state index >= 15 is 0 Å². The lowest BCUT2D eigenvalue weighted by molar-refractivity contribution is -0.148. The van der Waals surface area contributed by atoms with E-state index in [1.807, 2.05) is 18.9 Å². The number of rotatable bonds is 7. The molecule has 0 bridgehead atoms. The van der Waals surface area contributed by atoms with Crippen molar-refractivity contribution in [1.29, 1.82) is 0 Å². The van der Waals surface area contributed by atoms with Gasteiger partial charge in [-0.15, -0.1) is 0 Å². The smallest absolute Gasteiger partial charge is 0.309 e. The van der Waals surface area contributed by atoms with Crippen molar-refractivity contribution in [2.75, 3.05) is 33.3 Å². The Hall–Kier alpha value is -1.10. The largest absolute Gasteiger partial charge is 0.466 e. The lowest BCUT2D eigenvalue weighted by Gasteiger charge is -2.19. The number of nitrogens with zero attached hydrogens (tertiary/aromatic N) is 1. The molecule has 16 heavy (non-hydrogen) atoms. The van der Waals surface area contributed by atoms with Crippen molar-refractivity contribution >= 4 is 11.9 Å². The van der Waals surface area contributed by atoms with Crippen molar-refractivity contribution in [1.82, 2.24) is 10.2 Å². The van der Waals surface area contributed by atoms with Crippen LogP contribution in [0.2, 0.25) is 0 Å². The van der Waals surface area contributed by atoms with Gasteiger partial charge in [0.2, 0.25) is 5.91 Å². The highest BCUT2D eigenvalue weighted by Crippen LogP contribution is 2.00. The summed E-state index contributed by atoms with van der Waals surface area (Å²) in [5, 5.41) is 2.71. The third kappa shape index (κ3) is 6.40. The van der Waals surface area contributed by atoms with E-state index in [0.717, 1.165) is 0 Å². The molecule has 0 saturated heterocycles. The number of amides is 1. The highest BCUT2D eigenvalue weighted by molar-refractivity contribution is 5.78. The number of esters is 1. The average Bonchev–Trinajstić information content (AvgIpc) is 2.17. The summed E-state index contributed by atoms with van der Waals surface area (Å²) >= 11 is 0. The van der Waals surface area contributed by atoms with Crippen LogP contribution in [0, 0.1) is 5.92 Å². The van der Waals surface area contributed by atoms with Crippen molar-refractivity contribution in [3.8, 4) is 0 Å². The monoisotopic (exact) mass is 230 g/mol. The maximum atomic E-state index is 11.3. The van der Waals surface area contributed by atoms with Crippen LogP contribution < -0.4 is 5.32 Å². The SMILES string of the molecule is CCNC(=O)CN(C)CC(C)C(=O)OCC. The van der Waals surface area contributed by atoms with Gasteiger partial charge in [-0.3, -0.25) is 14.5 Å². The lowest BCUT2D eigenvalue weighted by Crippen LogP contribution is -2.38. The van der Waals surface area contributed by atoms with Crippen LogP contribution in [-0.2, 0) is 14.3 Å². The first-order chi connectivity index (χ1) is 7.51. The molecule has 0 aromatic carbocycles. The highest BCUT2D eigenvalue weighted by atomic mass is 16.5. The normalized spacial score (nSPS) is 12.3. The average molecular weight is 230 g/mol. The minimum Gasteiger partial charge on any atom is -0.466 e. The Morgan fingerprint density at radius 2 is 2.00 bits per heavy atom. The summed E-state index contributed by atoms with van der Waals surface area (Å²) in [6, 6.07) is 0. The Morgan fingerprint density at radius 1 is 1.38 bits per heavy atom. The minimum absolute atomic E-state index is 0.0268. The van der Waals surface area contributed by atoms with Crippen LogP contribution >= 0.6 is 0 Å². The molecule has 0 heterocycles. The van der Waals surface area contributed by atoms with Gasteiger partial charge in [0, 0.05) is 13.1 Å². The Kier molecular flexibility index (Phi) is 7.54. The van der Waals surface area contributed by atoms with Gasteiger partial charge in [0.25, 0.3) is 0 Å². The molecular formula is C11H22N2O3. The van der Waals surface area contributed by atoms with Crippen LogP contribution in [0.3, 0.4) is 0 Å². The van der Waals surface area contributed by atoms with Crippen LogP contribution in [0.25, 0.3) is 0 Å². The fraction of sp³-hybridized carbons (Fsp3) is 0.818. The fourth-order valence-corrected chi connectivity index (χ4v) is 1.39. The number of likely N-dealkylation sites (N-methyl/N-ethyl adjacent to an activating group) is 2. The molecule has 94 valence electrons. The zero-order valence-corrected chi connectivity index (χ0v) is 10.6. The summed E-state index contributed by atoms with van der Waals surface area (Å²) in [5.74, 6) is -0.453. The zero-order valence-electron chi connectivity index (χ0n) is 10.6. The Labute approximate surface area is 97.1 Å². The molecule has 1 N–H and O–H groups in total. The third-order valence-electron chi connectivity index (χ3n) is 2.06. The molecule has 0 rings (SSSR count). The van der Waals surface area contributed by atoms with Crippen LogP contribution in [0.5, 0.6) is 0 Å². The van der Waals surface area contributed by atoms with E-state index < -0.39 is 0 Å². The van der Waals surface area contributed by atoms with E-state index in [-0.39, 0.29) is 17.8 Å². The third-order valence-corrected chi connectivity index (χ3v) is 2.06. The number of carbonyl (C=O) groups is 2. The van der Waals surface area contributed by atoms with Crippen LogP contribution in [-0.4, -0.2) is 50.1 Å². The fourth-order valence-electron chi connectivity index (χ4n) is 1.39. The Balaban J connectivity index is 3.90. The van der Waals surface area contributed by atoms with E-state index in [2.05, 4.69) is 5.32 Å². The summed E-state index contributed by atoms with van der Waals surface area (Å²) in [6.07, 6.45) is 0. The van der Waals surface area contributed by atoms with E-state index in [1.54, 1.807) is 13.8 Å². The van der Waals surface area contributed by atoms with Crippen LogP contribution in [0.15, 0.2) is 0 Å². The summed E-state index contributed by atoms with van der Waals surface area (Å²) in [5.41, 5.74) is 0. The van der Waals surface area contributed by atoms with E-state index in [9.17, 15) is 9.59 Å². The number of ether oxygens (including phenoxy) is 1. The second kappa shape index (κ2) is 8.10. The molecule has 5 heteroatoms. The van der Waals surface area contributed by atoms with Gasteiger partial charge < -0.3 is 10.1 Å². The predicted octanol–water partition coefficient (Wildman–Crippen LogP) is 0.254. The van der Waals surface area contributed by atoms with Crippen molar-refractivity contribution < 1.29 is 14.3 Å². The summed E-state index contributed by atoms with van der Waals surface area (Å²) in [6.45, 7) is 7.30. The van der Waals surface area contributed by atoms with E-state index in [0.29, 0.717) is 26.2 Å². The molecule has 0 radical (unpaired) electrons. The first kappa shape index (κ1) is 14.9. The number of carbonyl (C=O) groups excluding carboxylic acids is 2. The van der Waals surface area contributed by atoms with Crippen molar-refractivity contribution in [3.05, 3.63) is 0 Å². The Bertz CT molecular complexity index is 231. The van der Waals surface area contributed by atoms with Gasteiger partial charge in [0.15, 0.2) is 0 Å². The molecule has 0 spiro atoms. The molecule has 0 aromatic heterocycles. The zero-order chi connectivity index (χ0) is 12.6. The first-order valence-corrected chi connectivity index (χ1v) is 5.63. The standard InChI is InChI=1S/C11H22N2O3/c1-5-12-10(14)8-13(4)7-9(3)11(15)16-6-2/h9H,5-8H2,1-4H3,(H,12,14). The molecule has 1 unspecified atom stereocenters. The van der Waals surface area contributed by atoms with E-state index in [1.165, 1.54) is 0 Å². The van der Waals surface area contributed by atoms with Crippen molar-refractivity contribution in [2.45, 2.75) is 20.8 Å². The van der Waals surface area contributed by atoms with Crippen LogP contribution in [0.1, 0.15) is 20.8 Å². The van der Waals surface area contributed by atoms with Gasteiger partial charge in [-0.25, -0.2) is 0 Å². The molecule has 0 fully saturated rings. The molecule has 0 saturated carbocycles. The second-order valence-corrected chi connectivity index (χ2v) is 3.80. The number of hydrogen-bond acceptors (Lipinski definition) is 4. The van der Waals surface area contributed by atoms with Crippen LogP contribution in [0.4, 0.5) is 0 Å². The van der Waals surface area contributed by atoms with Crippen molar-refractivity contribution in [2.24, 2.45) is 5.92 Å². The molecule has 0 aliphatic heterocycles. The molecule has 0 aliphatic rings. The van der Waals surface area contributed by atoms with E-state index in [4.69, 9.17) is 4.74 Å². The Morgan fingerprint density at radius 3 is 2.50 bits per heavy atom. The van der Waals surface area contributed by atoms with Gasteiger partial charge in [0.05, 0.1) is 19.1 Å².